The van der Waals surface area contributed by atoms with Crippen LogP contribution in [-0.4, -0.2) is 26.4 Å². The molecule has 1 unspecified atom stereocenters. The molecule has 9 heteroatoms. The van der Waals surface area contributed by atoms with Crippen molar-refractivity contribution in [2.24, 2.45) is 13.0 Å². The van der Waals surface area contributed by atoms with Gasteiger partial charge in [0.15, 0.2) is 11.0 Å². The standard InChI is InChI=1S/C20H20Cl2N4OS2/c1-11-3-5-13-14(9-28-17(13)7-11)19-24-25-20(26(19)2)29-10-18(27)23-16-6-4-12(21)8-15(16)22/h4,6,8-9,11H,3,5,7,10H2,1-2H3,(H,23,27). The molecule has 0 radical (unpaired) electrons. The van der Waals surface area contributed by atoms with Crippen molar-refractivity contribution >= 4 is 57.9 Å². The number of carbonyl (C=O) groups excluding carboxylic acids is 1. The Hall–Kier alpha value is -1.54. The van der Waals surface area contributed by atoms with Crippen LogP contribution in [0.3, 0.4) is 0 Å². The lowest BCUT2D eigenvalue weighted by atomic mass is 9.88. The second kappa shape index (κ2) is 8.68. The van der Waals surface area contributed by atoms with E-state index in [0.29, 0.717) is 20.9 Å². The third-order valence-corrected chi connectivity index (χ3v) is 7.63. The SMILES string of the molecule is CC1CCc2c(-c3nnc(SCC(=O)Nc4ccc(Cl)cc4Cl)n3C)csc2C1. The zero-order valence-electron chi connectivity index (χ0n) is 16.0. The van der Waals surface area contributed by atoms with E-state index in [9.17, 15) is 4.79 Å². The number of anilines is 1. The molecule has 1 atom stereocenters. The Balaban J connectivity index is 1.44. The van der Waals surface area contributed by atoms with E-state index in [1.54, 1.807) is 18.2 Å². The third kappa shape index (κ3) is 4.48. The predicted molar refractivity (Wildman–Crippen MR) is 121 cm³/mol. The lowest BCUT2D eigenvalue weighted by Crippen LogP contribution is -2.14. The number of benzene rings is 1. The molecule has 29 heavy (non-hydrogen) atoms. The Morgan fingerprint density at radius 1 is 1.38 bits per heavy atom. The van der Waals surface area contributed by atoms with Gasteiger partial charge >= 0.3 is 0 Å². The van der Waals surface area contributed by atoms with Crippen LogP contribution in [0.4, 0.5) is 5.69 Å². The summed E-state index contributed by atoms with van der Waals surface area (Å²) in [5.74, 6) is 1.66. The summed E-state index contributed by atoms with van der Waals surface area (Å²) in [6.07, 6.45) is 3.45. The Labute approximate surface area is 187 Å². The largest absolute Gasteiger partial charge is 0.324 e. The van der Waals surface area contributed by atoms with Gasteiger partial charge < -0.3 is 9.88 Å². The minimum absolute atomic E-state index is 0.161. The molecule has 1 aliphatic carbocycles. The van der Waals surface area contributed by atoms with Crippen LogP contribution in [0.5, 0.6) is 0 Å². The first-order valence-corrected chi connectivity index (χ1v) is 11.9. The van der Waals surface area contributed by atoms with E-state index in [-0.39, 0.29) is 11.7 Å². The molecular formula is C20H20Cl2N4OS2. The molecule has 0 bridgehead atoms. The highest BCUT2D eigenvalue weighted by atomic mass is 35.5. The van der Waals surface area contributed by atoms with Gasteiger partial charge in [-0.2, -0.15) is 0 Å². The van der Waals surface area contributed by atoms with Gasteiger partial charge in [-0.1, -0.05) is 41.9 Å². The molecule has 1 N–H and O–H groups in total. The summed E-state index contributed by atoms with van der Waals surface area (Å²) in [7, 11) is 1.95. The van der Waals surface area contributed by atoms with Crippen molar-refractivity contribution in [3.8, 4) is 11.4 Å². The number of nitrogens with zero attached hydrogens (tertiary/aromatic N) is 3. The quantitative estimate of drug-likeness (QED) is 0.489. The summed E-state index contributed by atoms with van der Waals surface area (Å²) in [6.45, 7) is 2.31. The highest BCUT2D eigenvalue weighted by molar-refractivity contribution is 7.99. The number of aromatic nitrogens is 3. The van der Waals surface area contributed by atoms with Crippen LogP contribution in [0.15, 0.2) is 28.7 Å². The zero-order chi connectivity index (χ0) is 20.5. The summed E-state index contributed by atoms with van der Waals surface area (Å²) in [4.78, 5) is 13.8. The molecule has 0 fully saturated rings. The number of hydrogen-bond acceptors (Lipinski definition) is 5. The highest BCUT2D eigenvalue weighted by Crippen LogP contribution is 2.38. The van der Waals surface area contributed by atoms with Gasteiger partial charge in [0.1, 0.15) is 0 Å². The maximum absolute atomic E-state index is 12.3. The number of rotatable bonds is 5. The van der Waals surface area contributed by atoms with Gasteiger partial charge in [0.05, 0.1) is 16.5 Å². The number of nitrogens with one attached hydrogen (secondary N) is 1. The van der Waals surface area contributed by atoms with Gasteiger partial charge in [0.2, 0.25) is 5.91 Å². The number of thiophene rings is 1. The maximum Gasteiger partial charge on any atom is 0.234 e. The fourth-order valence-electron chi connectivity index (χ4n) is 3.45. The molecule has 1 aromatic carbocycles. The van der Waals surface area contributed by atoms with Crippen molar-refractivity contribution in [2.45, 2.75) is 31.3 Å². The van der Waals surface area contributed by atoms with Crippen molar-refractivity contribution in [3.63, 3.8) is 0 Å². The molecule has 2 aromatic heterocycles. The Kier molecular flexibility index (Phi) is 6.20. The number of fused-ring (bicyclic) bond motifs is 1. The molecule has 0 aliphatic heterocycles. The first kappa shape index (κ1) is 20.7. The minimum Gasteiger partial charge on any atom is -0.324 e. The van der Waals surface area contributed by atoms with Crippen LogP contribution >= 0.6 is 46.3 Å². The summed E-state index contributed by atoms with van der Waals surface area (Å²) in [5, 5.41) is 15.3. The van der Waals surface area contributed by atoms with E-state index in [2.05, 4.69) is 27.8 Å². The highest BCUT2D eigenvalue weighted by Gasteiger charge is 2.23. The van der Waals surface area contributed by atoms with Crippen LogP contribution in [-0.2, 0) is 24.7 Å². The summed E-state index contributed by atoms with van der Waals surface area (Å²) < 4.78 is 1.97. The second-order valence-electron chi connectivity index (χ2n) is 7.23. The molecule has 2 heterocycles. The summed E-state index contributed by atoms with van der Waals surface area (Å²) >= 11 is 15.2. The van der Waals surface area contributed by atoms with Crippen LogP contribution in [0.25, 0.3) is 11.4 Å². The average Bonchev–Trinajstić information content (AvgIpc) is 3.25. The van der Waals surface area contributed by atoms with Gasteiger partial charge in [0.25, 0.3) is 0 Å². The van der Waals surface area contributed by atoms with Crippen LogP contribution < -0.4 is 5.32 Å². The molecule has 5 nitrogen and oxygen atoms in total. The summed E-state index contributed by atoms with van der Waals surface area (Å²) in [6, 6.07) is 4.98. The van der Waals surface area contributed by atoms with Gasteiger partial charge in [-0.25, -0.2) is 0 Å². The molecule has 3 aromatic rings. The molecule has 1 amide bonds. The molecule has 0 spiro atoms. The van der Waals surface area contributed by atoms with Crippen molar-refractivity contribution in [2.75, 3.05) is 11.1 Å². The van der Waals surface area contributed by atoms with Crippen molar-refractivity contribution < 1.29 is 4.79 Å². The third-order valence-electron chi connectivity index (χ3n) is 5.02. The minimum atomic E-state index is -0.161. The molecule has 152 valence electrons. The molecule has 0 saturated heterocycles. The molecule has 4 rings (SSSR count). The number of carbonyl (C=O) groups is 1. The van der Waals surface area contributed by atoms with Crippen molar-refractivity contribution in [1.29, 1.82) is 0 Å². The molecule has 0 saturated carbocycles. The van der Waals surface area contributed by atoms with E-state index < -0.39 is 0 Å². The monoisotopic (exact) mass is 466 g/mol. The van der Waals surface area contributed by atoms with E-state index in [4.69, 9.17) is 23.2 Å². The van der Waals surface area contributed by atoms with E-state index in [0.717, 1.165) is 24.6 Å². The summed E-state index contributed by atoms with van der Waals surface area (Å²) in [5.41, 5.74) is 3.13. The number of halogens is 2. The fraction of sp³-hybridized carbons (Fsp3) is 0.350. The smallest absolute Gasteiger partial charge is 0.234 e. The number of hydrogen-bond donors (Lipinski definition) is 1. The van der Waals surface area contributed by atoms with Gasteiger partial charge in [-0.3, -0.25) is 4.79 Å². The first-order valence-electron chi connectivity index (χ1n) is 9.29. The van der Waals surface area contributed by atoms with Crippen molar-refractivity contribution in [3.05, 3.63) is 44.1 Å². The zero-order valence-corrected chi connectivity index (χ0v) is 19.2. The Bertz CT molecular complexity index is 1060. The first-order chi connectivity index (χ1) is 13.9. The normalized spacial score (nSPS) is 15.9. The number of thioether (sulfide) groups is 1. The van der Waals surface area contributed by atoms with Crippen molar-refractivity contribution in [1.82, 2.24) is 14.8 Å². The molecular weight excluding hydrogens is 447 g/mol. The Morgan fingerprint density at radius 3 is 3.00 bits per heavy atom. The lowest BCUT2D eigenvalue weighted by Gasteiger charge is -2.18. The average molecular weight is 467 g/mol. The van der Waals surface area contributed by atoms with Gasteiger partial charge in [-0.05, 0) is 48.9 Å². The van der Waals surface area contributed by atoms with Crippen LogP contribution in [0.2, 0.25) is 10.0 Å². The van der Waals surface area contributed by atoms with E-state index in [1.165, 1.54) is 34.2 Å². The fourth-order valence-corrected chi connectivity index (χ4v) is 5.86. The van der Waals surface area contributed by atoms with Gasteiger partial charge in [-0.15, -0.1) is 21.5 Å². The van der Waals surface area contributed by atoms with Crippen LogP contribution in [0, 0.1) is 5.92 Å². The lowest BCUT2D eigenvalue weighted by molar-refractivity contribution is -0.113. The Morgan fingerprint density at radius 2 is 2.21 bits per heavy atom. The van der Waals surface area contributed by atoms with Gasteiger partial charge in [0, 0.05) is 27.9 Å². The second-order valence-corrected chi connectivity index (χ2v) is 9.98. The maximum atomic E-state index is 12.3. The number of amides is 1. The van der Waals surface area contributed by atoms with E-state index >= 15 is 0 Å². The molecule has 1 aliphatic rings. The van der Waals surface area contributed by atoms with E-state index in [1.807, 2.05) is 23.0 Å². The topological polar surface area (TPSA) is 59.8 Å². The van der Waals surface area contributed by atoms with Crippen LogP contribution in [0.1, 0.15) is 23.8 Å². The predicted octanol–water partition coefficient (Wildman–Crippen LogP) is 5.71.